The third-order valence-corrected chi connectivity index (χ3v) is 4.67. The highest BCUT2D eigenvalue weighted by atomic mass is 32.2. The second-order valence-corrected chi connectivity index (χ2v) is 6.66. The summed E-state index contributed by atoms with van der Waals surface area (Å²) < 4.78 is 50.3. The zero-order chi connectivity index (χ0) is 18.2. The number of benzene rings is 1. The number of nitrogens with one attached hydrogen (secondary N) is 2. The molecule has 0 saturated carbocycles. The van der Waals surface area contributed by atoms with Gasteiger partial charge in [-0.25, -0.2) is 12.8 Å². The third-order valence-electron chi connectivity index (χ3n) is 3.11. The molecule has 0 aromatic heterocycles. The number of rotatable bonds is 10. The van der Waals surface area contributed by atoms with Crippen molar-refractivity contribution in [1.29, 1.82) is 0 Å². The lowest BCUT2D eigenvalue weighted by Gasteiger charge is -2.16. The predicted molar refractivity (Wildman–Crippen MR) is 86.9 cm³/mol. The molecule has 1 unspecified atom stereocenters. The molecule has 0 aliphatic rings. The summed E-state index contributed by atoms with van der Waals surface area (Å²) in [5.74, 6) is -1.21. The number of sulfonamides is 1. The van der Waals surface area contributed by atoms with Gasteiger partial charge in [-0.3, -0.25) is 4.79 Å². The van der Waals surface area contributed by atoms with Gasteiger partial charge in [0.2, 0.25) is 15.9 Å². The van der Waals surface area contributed by atoms with Gasteiger partial charge in [0.15, 0.2) is 0 Å². The molecule has 0 fully saturated rings. The number of hydrogen-bond donors (Lipinski definition) is 2. The molecule has 7 nitrogen and oxygen atoms in total. The zero-order valence-electron chi connectivity index (χ0n) is 14.0. The number of halogens is 1. The van der Waals surface area contributed by atoms with E-state index in [1.165, 1.54) is 20.1 Å². The number of amides is 1. The van der Waals surface area contributed by atoms with E-state index in [1.54, 1.807) is 0 Å². The lowest BCUT2D eigenvalue weighted by atomic mass is 10.3. The molecule has 9 heteroatoms. The van der Waals surface area contributed by atoms with Gasteiger partial charge in [-0.1, -0.05) is 0 Å². The van der Waals surface area contributed by atoms with Crippen LogP contribution in [0, 0.1) is 5.82 Å². The van der Waals surface area contributed by atoms with Crippen molar-refractivity contribution in [3.63, 3.8) is 0 Å². The molecule has 1 aromatic carbocycles. The zero-order valence-corrected chi connectivity index (χ0v) is 14.8. The molecule has 0 radical (unpaired) electrons. The van der Waals surface area contributed by atoms with Gasteiger partial charge in [-0.2, -0.15) is 4.72 Å². The van der Waals surface area contributed by atoms with E-state index in [2.05, 4.69) is 10.0 Å². The number of methoxy groups -OCH3 is 1. The van der Waals surface area contributed by atoms with E-state index in [1.807, 2.05) is 6.92 Å². The summed E-state index contributed by atoms with van der Waals surface area (Å²) in [6.07, 6.45) is 0.622. The molecule has 1 amide bonds. The van der Waals surface area contributed by atoms with Gasteiger partial charge in [0, 0.05) is 19.8 Å². The summed E-state index contributed by atoms with van der Waals surface area (Å²) in [4.78, 5) is 11.6. The van der Waals surface area contributed by atoms with Crippen LogP contribution in [0.2, 0.25) is 0 Å². The van der Waals surface area contributed by atoms with Crippen LogP contribution in [0.15, 0.2) is 23.1 Å². The maximum atomic E-state index is 13.3. The Morgan fingerprint density at radius 2 is 2.08 bits per heavy atom. The van der Waals surface area contributed by atoms with Crippen LogP contribution in [-0.4, -0.2) is 47.2 Å². The van der Waals surface area contributed by atoms with Crippen LogP contribution >= 0.6 is 0 Å². The van der Waals surface area contributed by atoms with Gasteiger partial charge in [0.25, 0.3) is 0 Å². The second kappa shape index (κ2) is 9.55. The highest BCUT2D eigenvalue weighted by molar-refractivity contribution is 7.89. The molecule has 0 spiro atoms. The first-order valence-electron chi connectivity index (χ1n) is 7.53. The molecular weight excluding hydrogens is 339 g/mol. The molecule has 0 aliphatic heterocycles. The number of hydrogen-bond acceptors (Lipinski definition) is 5. The minimum Gasteiger partial charge on any atom is -0.495 e. The quantitative estimate of drug-likeness (QED) is 0.607. The van der Waals surface area contributed by atoms with Gasteiger partial charge in [-0.05, 0) is 38.5 Å². The molecule has 136 valence electrons. The first kappa shape index (κ1) is 20.3. The Labute approximate surface area is 141 Å². The van der Waals surface area contributed by atoms with Crippen LogP contribution in [0.5, 0.6) is 5.75 Å². The first-order chi connectivity index (χ1) is 11.3. The first-order valence-corrected chi connectivity index (χ1v) is 9.01. The van der Waals surface area contributed by atoms with Crippen molar-refractivity contribution in [2.24, 2.45) is 0 Å². The van der Waals surface area contributed by atoms with Gasteiger partial charge >= 0.3 is 0 Å². The molecular formula is C15H23FN2O5S. The maximum absolute atomic E-state index is 13.3. The maximum Gasteiger partial charge on any atom is 0.245 e. The third kappa shape index (κ3) is 6.06. The molecule has 1 rings (SSSR count). The van der Waals surface area contributed by atoms with Crippen LogP contribution in [-0.2, 0) is 19.6 Å². The smallest absolute Gasteiger partial charge is 0.245 e. The van der Waals surface area contributed by atoms with Crippen molar-refractivity contribution in [2.75, 3.05) is 26.9 Å². The molecule has 2 N–H and O–H groups in total. The molecule has 0 aliphatic carbocycles. The van der Waals surface area contributed by atoms with E-state index < -0.39 is 27.8 Å². The summed E-state index contributed by atoms with van der Waals surface area (Å²) in [5, 5.41) is 2.60. The molecule has 1 aromatic rings. The lowest BCUT2D eigenvalue weighted by molar-refractivity contribution is -0.122. The van der Waals surface area contributed by atoms with Crippen LogP contribution in [0.3, 0.4) is 0 Å². The fourth-order valence-corrected chi connectivity index (χ4v) is 3.28. The van der Waals surface area contributed by atoms with E-state index in [9.17, 15) is 17.6 Å². The van der Waals surface area contributed by atoms with E-state index >= 15 is 0 Å². The van der Waals surface area contributed by atoms with Crippen LogP contribution < -0.4 is 14.8 Å². The minimum atomic E-state index is -4.11. The summed E-state index contributed by atoms with van der Waals surface area (Å²) in [7, 11) is -2.83. The fraction of sp³-hybridized carbons (Fsp3) is 0.533. The number of ether oxygens (including phenoxy) is 2. The highest BCUT2D eigenvalue weighted by Crippen LogP contribution is 2.24. The predicted octanol–water partition coefficient (Wildman–Crippen LogP) is 1.04. The van der Waals surface area contributed by atoms with Gasteiger partial charge < -0.3 is 14.8 Å². The molecule has 0 bridgehead atoms. The van der Waals surface area contributed by atoms with Gasteiger partial charge in [0.05, 0.1) is 13.2 Å². The monoisotopic (exact) mass is 362 g/mol. The van der Waals surface area contributed by atoms with E-state index in [0.717, 1.165) is 12.1 Å². The lowest BCUT2D eigenvalue weighted by Crippen LogP contribution is -2.45. The van der Waals surface area contributed by atoms with Crippen molar-refractivity contribution in [3.05, 3.63) is 24.0 Å². The van der Waals surface area contributed by atoms with Crippen LogP contribution in [0.4, 0.5) is 4.39 Å². The van der Waals surface area contributed by atoms with E-state index in [4.69, 9.17) is 9.47 Å². The Morgan fingerprint density at radius 1 is 1.38 bits per heavy atom. The average Bonchev–Trinajstić information content (AvgIpc) is 2.54. The Morgan fingerprint density at radius 3 is 2.71 bits per heavy atom. The van der Waals surface area contributed by atoms with Crippen molar-refractivity contribution < 1.29 is 27.1 Å². The normalized spacial score (nSPS) is 12.7. The van der Waals surface area contributed by atoms with Gasteiger partial charge in [0.1, 0.15) is 16.5 Å². The van der Waals surface area contributed by atoms with Crippen molar-refractivity contribution in [1.82, 2.24) is 10.0 Å². The fourth-order valence-electron chi connectivity index (χ4n) is 1.89. The van der Waals surface area contributed by atoms with E-state index in [-0.39, 0.29) is 10.6 Å². The standard InChI is InChI=1S/C15H23FN2O5S/c1-4-23-9-5-8-17-15(19)11(2)18-24(20,21)14-10-12(16)6-7-13(14)22-3/h6-7,10-11,18H,4-5,8-9H2,1-3H3,(H,17,19). The van der Waals surface area contributed by atoms with Gasteiger partial charge in [-0.15, -0.1) is 0 Å². The largest absolute Gasteiger partial charge is 0.495 e. The van der Waals surface area contributed by atoms with Crippen molar-refractivity contribution >= 4 is 15.9 Å². The minimum absolute atomic E-state index is 0.00628. The number of carbonyl (C=O) groups is 1. The Balaban J connectivity index is 2.69. The molecule has 24 heavy (non-hydrogen) atoms. The van der Waals surface area contributed by atoms with Crippen molar-refractivity contribution in [3.8, 4) is 5.75 Å². The Kier molecular flexibility index (Phi) is 8.09. The highest BCUT2D eigenvalue weighted by Gasteiger charge is 2.25. The second-order valence-electron chi connectivity index (χ2n) is 4.98. The van der Waals surface area contributed by atoms with Crippen molar-refractivity contribution in [2.45, 2.75) is 31.2 Å². The molecule has 1 atom stereocenters. The van der Waals surface area contributed by atoms with Crippen LogP contribution in [0.1, 0.15) is 20.3 Å². The van der Waals surface area contributed by atoms with E-state index in [0.29, 0.717) is 26.2 Å². The average molecular weight is 362 g/mol. The topological polar surface area (TPSA) is 93.7 Å². The Bertz CT molecular complexity index is 651. The summed E-state index contributed by atoms with van der Waals surface area (Å²) >= 11 is 0. The summed E-state index contributed by atoms with van der Waals surface area (Å²) in [5.41, 5.74) is 0. The molecule has 0 saturated heterocycles. The summed E-state index contributed by atoms with van der Waals surface area (Å²) in [6.45, 7) is 4.75. The van der Waals surface area contributed by atoms with Crippen LogP contribution in [0.25, 0.3) is 0 Å². The Hall–Kier alpha value is -1.71. The molecule has 0 heterocycles. The SMILES string of the molecule is CCOCCCNC(=O)C(C)NS(=O)(=O)c1cc(F)ccc1OC. The number of carbonyl (C=O) groups excluding carboxylic acids is 1. The summed E-state index contributed by atoms with van der Waals surface area (Å²) in [6, 6.07) is 2.12.